The molecule has 0 aliphatic carbocycles. The molecule has 106 valence electrons. The summed E-state index contributed by atoms with van der Waals surface area (Å²) in [5.41, 5.74) is 0. The normalized spacial score (nSPS) is 10.3. The second-order valence-electron chi connectivity index (χ2n) is 5.15. The maximum atomic E-state index is 2.29. The van der Waals surface area contributed by atoms with E-state index < -0.39 is 0 Å². The number of rotatable bonds is 14. The first-order valence-electron chi connectivity index (χ1n) is 7.99. The SMILES string of the molecule is CCCCCCCCSCCCCCCCC.[NaH]. The van der Waals surface area contributed by atoms with E-state index in [1.54, 1.807) is 0 Å². The summed E-state index contributed by atoms with van der Waals surface area (Å²) in [5, 5.41) is 0. The third kappa shape index (κ3) is 19.7. The van der Waals surface area contributed by atoms with Crippen molar-refractivity contribution in [3.8, 4) is 0 Å². The molecule has 0 aliphatic rings. The molecular weight excluding hydrogens is 247 g/mol. The van der Waals surface area contributed by atoms with Gasteiger partial charge < -0.3 is 0 Å². The predicted octanol–water partition coefficient (Wildman–Crippen LogP) is 5.79. The topological polar surface area (TPSA) is 0 Å². The van der Waals surface area contributed by atoms with Crippen LogP contribution in [0.2, 0.25) is 0 Å². The molecule has 0 N–H and O–H groups in total. The Morgan fingerprint density at radius 2 is 0.833 bits per heavy atom. The average Bonchev–Trinajstić information content (AvgIpc) is 2.35. The van der Waals surface area contributed by atoms with Gasteiger partial charge in [-0.2, -0.15) is 11.8 Å². The Morgan fingerprint density at radius 3 is 1.22 bits per heavy atom. The zero-order chi connectivity index (χ0) is 12.6. The summed E-state index contributed by atoms with van der Waals surface area (Å²) < 4.78 is 0. The Labute approximate surface area is 143 Å². The molecule has 0 aromatic rings. The fraction of sp³-hybridized carbons (Fsp3) is 1.00. The molecule has 0 radical (unpaired) electrons. The van der Waals surface area contributed by atoms with Gasteiger partial charge in [-0.3, -0.25) is 0 Å². The van der Waals surface area contributed by atoms with E-state index in [4.69, 9.17) is 0 Å². The molecule has 0 saturated heterocycles. The molecule has 18 heavy (non-hydrogen) atoms. The molecule has 0 spiro atoms. The molecule has 0 saturated carbocycles. The third-order valence-electron chi connectivity index (χ3n) is 3.28. The van der Waals surface area contributed by atoms with Crippen molar-refractivity contribution in [1.29, 1.82) is 0 Å². The van der Waals surface area contributed by atoms with E-state index in [9.17, 15) is 0 Å². The summed E-state index contributed by atoms with van der Waals surface area (Å²) in [5.74, 6) is 2.81. The molecule has 0 aromatic carbocycles. The third-order valence-corrected chi connectivity index (χ3v) is 4.44. The zero-order valence-electron chi connectivity index (χ0n) is 12.3. The Bertz CT molecular complexity index is 114. The van der Waals surface area contributed by atoms with Crippen LogP contribution in [-0.2, 0) is 0 Å². The second-order valence-corrected chi connectivity index (χ2v) is 6.37. The summed E-state index contributed by atoms with van der Waals surface area (Å²) in [4.78, 5) is 0. The van der Waals surface area contributed by atoms with Crippen LogP contribution in [0.4, 0.5) is 0 Å². The Hall–Kier alpha value is 1.35. The number of unbranched alkanes of at least 4 members (excludes halogenated alkanes) is 10. The van der Waals surface area contributed by atoms with E-state index in [1.807, 2.05) is 0 Å². The first-order valence-corrected chi connectivity index (χ1v) is 9.15. The number of hydrogen-bond donors (Lipinski definition) is 0. The summed E-state index contributed by atoms with van der Waals surface area (Å²) in [6.07, 6.45) is 17.3. The van der Waals surface area contributed by atoms with Crippen LogP contribution < -0.4 is 0 Å². The zero-order valence-corrected chi connectivity index (χ0v) is 13.1. The molecule has 0 atom stereocenters. The van der Waals surface area contributed by atoms with Gasteiger partial charge in [-0.25, -0.2) is 0 Å². The van der Waals surface area contributed by atoms with Crippen LogP contribution in [0, 0.1) is 0 Å². The molecule has 0 fully saturated rings. The summed E-state index contributed by atoms with van der Waals surface area (Å²) >= 11 is 2.18. The van der Waals surface area contributed by atoms with Gasteiger partial charge in [-0.15, -0.1) is 0 Å². The van der Waals surface area contributed by atoms with E-state index in [2.05, 4.69) is 25.6 Å². The minimum absolute atomic E-state index is 0. The van der Waals surface area contributed by atoms with E-state index in [0.717, 1.165) is 0 Å². The molecular formula is C16H35NaS. The van der Waals surface area contributed by atoms with Gasteiger partial charge in [0.2, 0.25) is 0 Å². The Balaban J connectivity index is 0. The Kier molecular flexibility index (Phi) is 24.8. The molecule has 0 bridgehead atoms. The van der Waals surface area contributed by atoms with Crippen molar-refractivity contribution in [3.63, 3.8) is 0 Å². The summed E-state index contributed by atoms with van der Waals surface area (Å²) in [7, 11) is 0. The van der Waals surface area contributed by atoms with Crippen molar-refractivity contribution in [2.24, 2.45) is 0 Å². The van der Waals surface area contributed by atoms with Crippen LogP contribution in [0.25, 0.3) is 0 Å². The van der Waals surface area contributed by atoms with Crippen LogP contribution >= 0.6 is 11.8 Å². The molecule has 0 rings (SSSR count). The second kappa shape index (κ2) is 20.7. The molecule has 0 aromatic heterocycles. The summed E-state index contributed by atoms with van der Waals surface area (Å²) in [6, 6.07) is 0. The number of thioether (sulfide) groups is 1. The van der Waals surface area contributed by atoms with Crippen molar-refractivity contribution in [3.05, 3.63) is 0 Å². The maximum absolute atomic E-state index is 2.29. The van der Waals surface area contributed by atoms with Crippen LogP contribution in [-0.4, -0.2) is 41.1 Å². The summed E-state index contributed by atoms with van der Waals surface area (Å²) in [6.45, 7) is 4.58. The van der Waals surface area contributed by atoms with Gasteiger partial charge in [0.15, 0.2) is 0 Å². The van der Waals surface area contributed by atoms with Crippen molar-refractivity contribution in [2.45, 2.75) is 90.9 Å². The van der Waals surface area contributed by atoms with Crippen molar-refractivity contribution in [2.75, 3.05) is 11.5 Å². The van der Waals surface area contributed by atoms with Crippen LogP contribution in [0.1, 0.15) is 90.9 Å². The van der Waals surface area contributed by atoms with E-state index in [1.165, 1.54) is 88.6 Å². The van der Waals surface area contributed by atoms with Crippen LogP contribution in [0.3, 0.4) is 0 Å². The first-order chi connectivity index (χ1) is 8.41. The van der Waals surface area contributed by atoms with E-state index >= 15 is 0 Å². The van der Waals surface area contributed by atoms with E-state index in [-0.39, 0.29) is 29.6 Å². The van der Waals surface area contributed by atoms with Gasteiger partial charge in [0.1, 0.15) is 0 Å². The Morgan fingerprint density at radius 1 is 0.500 bits per heavy atom. The quantitative estimate of drug-likeness (QED) is 0.287. The van der Waals surface area contributed by atoms with Gasteiger partial charge in [0.25, 0.3) is 0 Å². The van der Waals surface area contributed by atoms with Gasteiger partial charge in [-0.05, 0) is 24.3 Å². The van der Waals surface area contributed by atoms with Gasteiger partial charge in [0.05, 0.1) is 0 Å². The van der Waals surface area contributed by atoms with Crippen molar-refractivity contribution < 1.29 is 0 Å². The van der Waals surface area contributed by atoms with Crippen LogP contribution in [0.5, 0.6) is 0 Å². The van der Waals surface area contributed by atoms with Crippen molar-refractivity contribution in [1.82, 2.24) is 0 Å². The first kappa shape index (κ1) is 21.6. The average molecular weight is 283 g/mol. The fourth-order valence-electron chi connectivity index (χ4n) is 2.07. The van der Waals surface area contributed by atoms with Gasteiger partial charge >= 0.3 is 29.6 Å². The molecule has 0 heterocycles. The minimum atomic E-state index is 0. The van der Waals surface area contributed by atoms with Crippen molar-refractivity contribution >= 4 is 41.3 Å². The molecule has 0 aliphatic heterocycles. The van der Waals surface area contributed by atoms with E-state index in [0.29, 0.717) is 0 Å². The monoisotopic (exact) mass is 282 g/mol. The molecule has 0 amide bonds. The van der Waals surface area contributed by atoms with Gasteiger partial charge in [-0.1, -0.05) is 78.1 Å². The van der Waals surface area contributed by atoms with Crippen LogP contribution in [0.15, 0.2) is 0 Å². The number of hydrogen-bond acceptors (Lipinski definition) is 1. The fourth-order valence-corrected chi connectivity index (χ4v) is 3.09. The van der Waals surface area contributed by atoms with Gasteiger partial charge in [0, 0.05) is 0 Å². The predicted molar refractivity (Wildman–Crippen MR) is 91.2 cm³/mol. The molecule has 0 unspecified atom stereocenters. The molecule has 2 heteroatoms. The standard InChI is InChI=1S/C16H34S.Na.H/c1-3-5-7-9-11-13-15-17-16-14-12-10-8-6-4-2;;/h3-16H2,1-2H3;;. The molecule has 0 nitrogen and oxygen atoms in total.